The molecular formula is C26H35N3O5S. The molecular weight excluding hydrogens is 466 g/mol. The lowest BCUT2D eigenvalue weighted by Gasteiger charge is -2.37. The molecule has 8 nitrogen and oxygen atoms in total. The fourth-order valence-corrected chi connectivity index (χ4v) is 6.43. The number of methoxy groups -OCH3 is 2. The molecule has 9 heteroatoms. The fourth-order valence-electron chi connectivity index (χ4n) is 4.94. The molecule has 35 heavy (non-hydrogen) atoms. The van der Waals surface area contributed by atoms with Crippen molar-refractivity contribution in [2.45, 2.75) is 24.2 Å². The molecule has 2 aromatic carbocycles. The molecule has 0 atom stereocenters. The summed E-state index contributed by atoms with van der Waals surface area (Å²) in [6.45, 7) is 3.43. The van der Waals surface area contributed by atoms with Gasteiger partial charge in [-0.15, -0.1) is 0 Å². The van der Waals surface area contributed by atoms with Crippen molar-refractivity contribution in [3.8, 4) is 5.75 Å². The zero-order valence-corrected chi connectivity index (χ0v) is 21.4. The van der Waals surface area contributed by atoms with Gasteiger partial charge in [0.2, 0.25) is 15.9 Å². The molecule has 1 amide bonds. The van der Waals surface area contributed by atoms with Gasteiger partial charge in [-0.1, -0.05) is 30.3 Å². The van der Waals surface area contributed by atoms with Gasteiger partial charge in [-0.25, -0.2) is 8.42 Å². The molecule has 0 saturated carbocycles. The van der Waals surface area contributed by atoms with Crippen LogP contribution in [0.15, 0.2) is 53.4 Å². The summed E-state index contributed by atoms with van der Waals surface area (Å²) in [6.07, 6.45) is 2.70. The number of benzene rings is 2. The molecule has 0 N–H and O–H groups in total. The molecule has 0 bridgehead atoms. The van der Waals surface area contributed by atoms with Crippen LogP contribution >= 0.6 is 0 Å². The number of sulfonamides is 1. The van der Waals surface area contributed by atoms with Gasteiger partial charge >= 0.3 is 0 Å². The molecule has 0 unspecified atom stereocenters. The van der Waals surface area contributed by atoms with Crippen LogP contribution in [0.4, 0.5) is 5.69 Å². The summed E-state index contributed by atoms with van der Waals surface area (Å²) in [7, 11) is -0.509. The zero-order valence-electron chi connectivity index (χ0n) is 20.6. The van der Waals surface area contributed by atoms with Gasteiger partial charge in [0.05, 0.1) is 17.7 Å². The number of hydrogen-bond donors (Lipinski definition) is 0. The first-order valence-corrected chi connectivity index (χ1v) is 13.6. The maximum atomic E-state index is 13.5. The summed E-state index contributed by atoms with van der Waals surface area (Å²) in [5.41, 5.74) is 2.05. The highest BCUT2D eigenvalue weighted by Crippen LogP contribution is 2.34. The quantitative estimate of drug-likeness (QED) is 0.553. The molecule has 190 valence electrons. The van der Waals surface area contributed by atoms with E-state index in [4.69, 9.17) is 9.47 Å². The van der Waals surface area contributed by atoms with E-state index >= 15 is 0 Å². The van der Waals surface area contributed by atoms with Gasteiger partial charge in [0.15, 0.2) is 0 Å². The Bertz CT molecular complexity index is 1090. The van der Waals surface area contributed by atoms with E-state index in [1.54, 1.807) is 34.5 Å². The molecule has 2 fully saturated rings. The average Bonchev–Trinajstić information content (AvgIpc) is 2.89. The van der Waals surface area contributed by atoms with E-state index in [2.05, 4.69) is 17.0 Å². The molecule has 2 aliphatic rings. The van der Waals surface area contributed by atoms with Crippen LogP contribution in [-0.4, -0.2) is 83.6 Å². The van der Waals surface area contributed by atoms with Crippen molar-refractivity contribution in [3.05, 3.63) is 54.1 Å². The van der Waals surface area contributed by atoms with Crippen LogP contribution in [0.5, 0.6) is 5.75 Å². The Labute approximate surface area is 208 Å². The number of rotatable bonds is 8. The monoisotopic (exact) mass is 501 g/mol. The van der Waals surface area contributed by atoms with Crippen LogP contribution in [0.1, 0.15) is 18.4 Å². The van der Waals surface area contributed by atoms with Crippen molar-refractivity contribution in [1.29, 1.82) is 0 Å². The Kier molecular flexibility index (Phi) is 8.30. The van der Waals surface area contributed by atoms with Crippen molar-refractivity contribution in [2.24, 2.45) is 5.92 Å². The Morgan fingerprint density at radius 1 is 0.943 bits per heavy atom. The molecule has 0 spiro atoms. The van der Waals surface area contributed by atoms with Gasteiger partial charge < -0.3 is 19.3 Å². The second kappa shape index (κ2) is 11.4. The van der Waals surface area contributed by atoms with Crippen molar-refractivity contribution >= 4 is 21.6 Å². The van der Waals surface area contributed by atoms with Crippen LogP contribution in [0.25, 0.3) is 0 Å². The second-order valence-electron chi connectivity index (χ2n) is 9.17. The van der Waals surface area contributed by atoms with Crippen LogP contribution in [0.3, 0.4) is 0 Å². The third-order valence-electron chi connectivity index (χ3n) is 6.97. The highest BCUT2D eigenvalue weighted by molar-refractivity contribution is 7.89. The zero-order chi connectivity index (χ0) is 24.8. The number of hydrogen-bond acceptors (Lipinski definition) is 6. The SMILES string of the molecule is COCC(=O)N1CCN(c2cc(S(=O)(=O)N3CCC(Cc4ccccc4)CC3)ccc2OC)CC1. The minimum Gasteiger partial charge on any atom is -0.495 e. The van der Waals surface area contributed by atoms with E-state index in [0.717, 1.165) is 24.9 Å². The summed E-state index contributed by atoms with van der Waals surface area (Å²) in [6, 6.07) is 15.5. The number of amides is 1. The Morgan fingerprint density at radius 3 is 2.26 bits per heavy atom. The van der Waals surface area contributed by atoms with E-state index in [1.807, 2.05) is 18.2 Å². The standard InChI is InChI=1S/C26H35N3O5S/c1-33-20-26(30)28-16-14-27(15-17-28)24-19-23(8-9-25(24)34-2)35(31,32)29-12-10-22(11-13-29)18-21-6-4-3-5-7-21/h3-9,19,22H,10-18,20H2,1-2H3. The lowest BCUT2D eigenvalue weighted by molar-refractivity contribution is -0.135. The van der Waals surface area contributed by atoms with Crippen molar-refractivity contribution in [2.75, 3.05) is 65.0 Å². The second-order valence-corrected chi connectivity index (χ2v) is 11.1. The topological polar surface area (TPSA) is 79.4 Å². The summed E-state index contributed by atoms with van der Waals surface area (Å²) in [5, 5.41) is 0. The Morgan fingerprint density at radius 2 is 1.63 bits per heavy atom. The Hall–Kier alpha value is -2.62. The van der Waals surface area contributed by atoms with Crippen molar-refractivity contribution in [1.82, 2.24) is 9.21 Å². The van der Waals surface area contributed by atoms with E-state index in [1.165, 1.54) is 12.7 Å². The number of ether oxygens (including phenoxy) is 2. The fraction of sp³-hybridized carbons (Fsp3) is 0.500. The summed E-state index contributed by atoms with van der Waals surface area (Å²) in [4.78, 5) is 16.3. The molecule has 4 rings (SSSR count). The van der Waals surface area contributed by atoms with Crippen molar-refractivity contribution < 1.29 is 22.7 Å². The number of nitrogens with zero attached hydrogens (tertiary/aromatic N) is 3. The summed E-state index contributed by atoms with van der Waals surface area (Å²) in [5.74, 6) is 1.08. The number of piperazine rings is 1. The van der Waals surface area contributed by atoms with Crippen molar-refractivity contribution in [3.63, 3.8) is 0 Å². The number of carbonyl (C=O) groups excluding carboxylic acids is 1. The highest BCUT2D eigenvalue weighted by atomic mass is 32.2. The third kappa shape index (κ3) is 5.97. The first-order valence-electron chi connectivity index (χ1n) is 12.2. The molecule has 2 aromatic rings. The third-order valence-corrected chi connectivity index (χ3v) is 8.86. The highest BCUT2D eigenvalue weighted by Gasteiger charge is 2.31. The molecule has 0 aromatic heterocycles. The van der Waals surface area contributed by atoms with E-state index in [0.29, 0.717) is 50.9 Å². The number of carbonyl (C=O) groups is 1. The van der Waals surface area contributed by atoms with Crippen LogP contribution in [-0.2, 0) is 26.0 Å². The predicted molar refractivity (Wildman–Crippen MR) is 135 cm³/mol. The van der Waals surface area contributed by atoms with E-state index < -0.39 is 10.0 Å². The van der Waals surface area contributed by atoms with Gasteiger partial charge in [0.25, 0.3) is 0 Å². The molecule has 0 aliphatic carbocycles. The minimum atomic E-state index is -3.61. The largest absolute Gasteiger partial charge is 0.495 e. The molecule has 2 saturated heterocycles. The smallest absolute Gasteiger partial charge is 0.248 e. The van der Waals surface area contributed by atoms with Crippen LogP contribution < -0.4 is 9.64 Å². The van der Waals surface area contributed by atoms with Gasteiger partial charge in [0.1, 0.15) is 12.4 Å². The van der Waals surface area contributed by atoms with E-state index in [-0.39, 0.29) is 17.4 Å². The van der Waals surface area contributed by atoms with Crippen LogP contribution in [0.2, 0.25) is 0 Å². The normalized spacial score (nSPS) is 18.0. The first kappa shape index (κ1) is 25.5. The average molecular weight is 502 g/mol. The van der Waals surface area contributed by atoms with Gasteiger partial charge in [-0.2, -0.15) is 4.31 Å². The summed E-state index contributed by atoms with van der Waals surface area (Å²) >= 11 is 0. The molecule has 2 aliphatic heterocycles. The summed E-state index contributed by atoms with van der Waals surface area (Å²) < 4.78 is 39.1. The Balaban J connectivity index is 1.43. The maximum Gasteiger partial charge on any atom is 0.248 e. The lowest BCUT2D eigenvalue weighted by Crippen LogP contribution is -2.49. The molecule has 2 heterocycles. The number of piperidine rings is 1. The lowest BCUT2D eigenvalue weighted by atomic mass is 9.91. The van der Waals surface area contributed by atoms with Crippen LogP contribution in [0, 0.1) is 5.92 Å². The van der Waals surface area contributed by atoms with Gasteiger partial charge in [-0.05, 0) is 48.9 Å². The minimum absolute atomic E-state index is 0.0360. The van der Waals surface area contributed by atoms with Gasteiger partial charge in [0, 0.05) is 46.4 Å². The number of anilines is 1. The first-order chi connectivity index (χ1) is 16.9. The van der Waals surface area contributed by atoms with Gasteiger partial charge in [-0.3, -0.25) is 4.79 Å². The maximum absolute atomic E-state index is 13.5. The molecule has 0 radical (unpaired) electrons. The van der Waals surface area contributed by atoms with E-state index in [9.17, 15) is 13.2 Å². The predicted octanol–water partition coefficient (Wildman–Crippen LogP) is 2.63.